The van der Waals surface area contributed by atoms with Crippen LogP contribution in [0.3, 0.4) is 0 Å². The third-order valence-corrected chi connectivity index (χ3v) is 6.57. The van der Waals surface area contributed by atoms with Gasteiger partial charge in [0.15, 0.2) is 0 Å². The average molecular weight is 452 g/mol. The zero-order valence-corrected chi connectivity index (χ0v) is 18.8. The van der Waals surface area contributed by atoms with Crippen molar-refractivity contribution in [2.45, 2.75) is 13.5 Å². The lowest BCUT2D eigenvalue weighted by Crippen LogP contribution is -2.11. The summed E-state index contributed by atoms with van der Waals surface area (Å²) < 4.78 is 0. The number of thiophene rings is 1. The van der Waals surface area contributed by atoms with Crippen LogP contribution in [0.2, 0.25) is 0 Å². The van der Waals surface area contributed by atoms with Gasteiger partial charge in [0.05, 0.1) is 28.6 Å². The van der Waals surface area contributed by atoms with Gasteiger partial charge in [-0.2, -0.15) is 5.10 Å². The molecule has 0 amide bonds. The van der Waals surface area contributed by atoms with E-state index in [1.54, 1.807) is 11.3 Å². The minimum Gasteiger partial charge on any atom is -0.352 e. The first-order valence-electron chi connectivity index (χ1n) is 10.8. The van der Waals surface area contributed by atoms with Crippen molar-refractivity contribution in [2.75, 3.05) is 6.54 Å². The van der Waals surface area contributed by atoms with E-state index in [4.69, 9.17) is 4.98 Å². The Bertz CT molecular complexity index is 1560. The van der Waals surface area contributed by atoms with E-state index < -0.39 is 0 Å². The first kappa shape index (κ1) is 19.8. The maximum Gasteiger partial charge on any atom is 0.135 e. The number of hydrogen-bond acceptors (Lipinski definition) is 6. The Labute approximate surface area is 194 Å². The van der Waals surface area contributed by atoms with Crippen LogP contribution in [0.4, 0.5) is 0 Å². The van der Waals surface area contributed by atoms with E-state index in [-0.39, 0.29) is 0 Å². The summed E-state index contributed by atoms with van der Waals surface area (Å²) in [6.07, 6.45) is 7.51. The Morgan fingerprint density at radius 2 is 1.94 bits per heavy atom. The van der Waals surface area contributed by atoms with Crippen molar-refractivity contribution in [1.29, 1.82) is 0 Å². The van der Waals surface area contributed by atoms with E-state index in [9.17, 15) is 0 Å². The molecule has 8 heteroatoms. The van der Waals surface area contributed by atoms with Gasteiger partial charge in [-0.1, -0.05) is 13.0 Å². The summed E-state index contributed by atoms with van der Waals surface area (Å²) in [4.78, 5) is 18.5. The molecule has 6 heterocycles. The Morgan fingerprint density at radius 1 is 1.00 bits per heavy atom. The molecule has 0 atom stereocenters. The van der Waals surface area contributed by atoms with Gasteiger partial charge in [-0.3, -0.25) is 15.1 Å². The van der Waals surface area contributed by atoms with Gasteiger partial charge >= 0.3 is 0 Å². The quantitative estimate of drug-likeness (QED) is 0.315. The first-order valence-corrected chi connectivity index (χ1v) is 11.7. The molecule has 0 bridgehead atoms. The van der Waals surface area contributed by atoms with Gasteiger partial charge in [-0.25, -0.2) is 4.98 Å². The average Bonchev–Trinajstić information content (AvgIpc) is 3.61. The van der Waals surface area contributed by atoms with Crippen LogP contribution < -0.4 is 5.32 Å². The van der Waals surface area contributed by atoms with Crippen LogP contribution in [0.15, 0.2) is 66.6 Å². The molecular weight excluding hydrogens is 430 g/mol. The normalized spacial score (nSPS) is 11.5. The van der Waals surface area contributed by atoms with Gasteiger partial charge < -0.3 is 10.3 Å². The highest BCUT2D eigenvalue weighted by Crippen LogP contribution is 2.35. The van der Waals surface area contributed by atoms with Crippen LogP contribution in [0.1, 0.15) is 12.5 Å². The van der Waals surface area contributed by atoms with Gasteiger partial charge in [0.25, 0.3) is 0 Å². The highest BCUT2D eigenvalue weighted by Gasteiger charge is 2.16. The van der Waals surface area contributed by atoms with Gasteiger partial charge in [0.1, 0.15) is 11.2 Å². The highest BCUT2D eigenvalue weighted by atomic mass is 32.1. The van der Waals surface area contributed by atoms with Crippen molar-refractivity contribution < 1.29 is 0 Å². The number of aromatic amines is 2. The first-order chi connectivity index (χ1) is 16.3. The summed E-state index contributed by atoms with van der Waals surface area (Å²) in [5.74, 6) is 0. The largest absolute Gasteiger partial charge is 0.352 e. The second kappa shape index (κ2) is 8.23. The molecule has 0 aliphatic rings. The molecule has 162 valence electrons. The van der Waals surface area contributed by atoms with Crippen molar-refractivity contribution in [3.8, 4) is 33.1 Å². The fourth-order valence-corrected chi connectivity index (χ4v) is 4.80. The second-order valence-corrected chi connectivity index (χ2v) is 8.78. The van der Waals surface area contributed by atoms with Gasteiger partial charge in [-0.05, 0) is 47.8 Å². The number of nitrogens with zero attached hydrogens (tertiary/aromatic N) is 4. The molecule has 7 nitrogen and oxygen atoms in total. The Kier molecular flexibility index (Phi) is 4.93. The SMILES string of the molecule is CCNCc1cncc(-c2ccc3[nH]nc(-c4cc5c(-c6cccs6)cncc5[nH]4)c3n2)c1. The molecule has 6 aromatic heterocycles. The summed E-state index contributed by atoms with van der Waals surface area (Å²) in [5, 5.41) is 14.2. The van der Waals surface area contributed by atoms with Crippen molar-refractivity contribution in [3.05, 3.63) is 72.1 Å². The fraction of sp³-hybridized carbons (Fsp3) is 0.120. The lowest BCUT2D eigenvalue weighted by molar-refractivity contribution is 0.724. The van der Waals surface area contributed by atoms with Crippen molar-refractivity contribution in [3.63, 3.8) is 0 Å². The van der Waals surface area contributed by atoms with Crippen LogP contribution >= 0.6 is 11.3 Å². The molecule has 0 unspecified atom stereocenters. The Hall–Kier alpha value is -3.88. The lowest BCUT2D eigenvalue weighted by Gasteiger charge is -2.05. The molecule has 0 radical (unpaired) electrons. The molecule has 6 rings (SSSR count). The second-order valence-electron chi connectivity index (χ2n) is 7.84. The van der Waals surface area contributed by atoms with E-state index in [2.05, 4.69) is 67.0 Å². The van der Waals surface area contributed by atoms with E-state index in [0.29, 0.717) is 0 Å². The predicted octanol–water partition coefficient (Wildman–Crippen LogP) is 5.40. The Balaban J connectivity index is 1.44. The standard InChI is InChI=1S/C25H21N7S/c1-2-26-10-15-8-16(12-27-11-15)19-5-6-20-24(30-19)25(32-31-20)21-9-17-18(23-4-3-7-33-23)13-28-14-22(17)29-21/h3-9,11-14,26,29H,2,10H2,1H3,(H,31,32). The van der Waals surface area contributed by atoms with Crippen molar-refractivity contribution in [2.24, 2.45) is 0 Å². The van der Waals surface area contributed by atoms with Crippen LogP contribution in [0, 0.1) is 0 Å². The monoisotopic (exact) mass is 451 g/mol. The number of rotatable bonds is 6. The minimum atomic E-state index is 0.784. The topological polar surface area (TPSA) is 95.2 Å². The minimum absolute atomic E-state index is 0.784. The number of fused-ring (bicyclic) bond motifs is 2. The molecule has 0 spiro atoms. The molecule has 3 N–H and O–H groups in total. The summed E-state index contributed by atoms with van der Waals surface area (Å²) in [6.45, 7) is 3.80. The van der Waals surface area contributed by atoms with E-state index in [1.807, 2.05) is 36.9 Å². The van der Waals surface area contributed by atoms with Gasteiger partial charge in [0.2, 0.25) is 0 Å². The number of nitrogens with one attached hydrogen (secondary N) is 3. The number of H-pyrrole nitrogens is 2. The maximum atomic E-state index is 4.96. The fourth-order valence-electron chi connectivity index (χ4n) is 4.05. The molecule has 6 aromatic rings. The molecule has 33 heavy (non-hydrogen) atoms. The molecule has 0 aliphatic heterocycles. The third-order valence-electron chi connectivity index (χ3n) is 5.66. The molecular formula is C25H21N7S. The molecule has 0 saturated carbocycles. The van der Waals surface area contributed by atoms with Gasteiger partial charge in [-0.15, -0.1) is 11.3 Å². The van der Waals surface area contributed by atoms with Crippen LogP contribution in [0.25, 0.3) is 55.0 Å². The van der Waals surface area contributed by atoms with Crippen LogP contribution in [-0.4, -0.2) is 36.7 Å². The maximum absolute atomic E-state index is 4.96. The van der Waals surface area contributed by atoms with E-state index in [0.717, 1.165) is 68.8 Å². The number of hydrogen-bond donors (Lipinski definition) is 3. The molecule has 0 aliphatic carbocycles. The Morgan fingerprint density at radius 3 is 2.82 bits per heavy atom. The van der Waals surface area contributed by atoms with Crippen LogP contribution in [0.5, 0.6) is 0 Å². The van der Waals surface area contributed by atoms with Gasteiger partial charge in [0, 0.05) is 46.5 Å². The summed E-state index contributed by atoms with van der Waals surface area (Å²) in [6, 6.07) is 12.5. The molecule has 0 aromatic carbocycles. The summed E-state index contributed by atoms with van der Waals surface area (Å²) in [5.41, 5.74) is 8.48. The van der Waals surface area contributed by atoms with E-state index >= 15 is 0 Å². The predicted molar refractivity (Wildman–Crippen MR) is 133 cm³/mol. The zero-order valence-electron chi connectivity index (χ0n) is 18.0. The smallest absolute Gasteiger partial charge is 0.135 e. The summed E-state index contributed by atoms with van der Waals surface area (Å²) >= 11 is 1.71. The number of aromatic nitrogens is 6. The molecule has 0 fully saturated rings. The highest BCUT2D eigenvalue weighted by molar-refractivity contribution is 7.13. The van der Waals surface area contributed by atoms with Crippen LogP contribution in [-0.2, 0) is 6.54 Å². The summed E-state index contributed by atoms with van der Waals surface area (Å²) in [7, 11) is 0. The lowest BCUT2D eigenvalue weighted by atomic mass is 10.1. The zero-order chi connectivity index (χ0) is 22.2. The van der Waals surface area contributed by atoms with Crippen molar-refractivity contribution in [1.82, 2.24) is 35.5 Å². The van der Waals surface area contributed by atoms with Crippen molar-refractivity contribution >= 4 is 33.3 Å². The third kappa shape index (κ3) is 3.59. The van der Waals surface area contributed by atoms with E-state index in [1.165, 1.54) is 4.88 Å². The number of pyridine rings is 3. The molecule has 0 saturated heterocycles.